The third kappa shape index (κ3) is 3.16. The van der Waals surface area contributed by atoms with Crippen LogP contribution in [-0.2, 0) is 4.74 Å². The van der Waals surface area contributed by atoms with Crippen molar-refractivity contribution < 1.29 is 9.47 Å². The van der Waals surface area contributed by atoms with Gasteiger partial charge in [0.2, 0.25) is 0 Å². The monoisotopic (exact) mass is 417 g/mol. The lowest BCUT2D eigenvalue weighted by Crippen LogP contribution is -2.44. The molecule has 1 aliphatic carbocycles. The largest absolute Gasteiger partial charge is 0.492 e. The molecule has 4 rings (SSSR count). The molecular formula is C21H31N5O4. The lowest BCUT2D eigenvalue weighted by atomic mass is 9.78. The molecule has 1 aromatic carbocycles. The Hall–Kier alpha value is -2.52. The van der Waals surface area contributed by atoms with Crippen molar-refractivity contribution in [1.29, 1.82) is 0 Å². The van der Waals surface area contributed by atoms with Gasteiger partial charge in [0, 0.05) is 38.2 Å². The van der Waals surface area contributed by atoms with Crippen molar-refractivity contribution in [2.24, 2.45) is 17.1 Å². The summed E-state index contributed by atoms with van der Waals surface area (Å²) >= 11 is 0. The van der Waals surface area contributed by atoms with E-state index in [4.69, 9.17) is 21.1 Å². The fourth-order valence-corrected chi connectivity index (χ4v) is 4.89. The van der Waals surface area contributed by atoms with Crippen LogP contribution in [0.15, 0.2) is 21.7 Å². The molecule has 2 atom stereocenters. The molecule has 1 aromatic heterocycles. The van der Waals surface area contributed by atoms with Crippen LogP contribution < -0.4 is 32.5 Å². The highest BCUT2D eigenvalue weighted by Crippen LogP contribution is 2.45. The molecule has 2 heterocycles. The predicted molar refractivity (Wildman–Crippen MR) is 117 cm³/mol. The number of aromatic nitrogens is 2. The summed E-state index contributed by atoms with van der Waals surface area (Å²) in [6.45, 7) is 6.41. The second-order valence-corrected chi connectivity index (χ2v) is 9.17. The molecule has 164 valence electrons. The molecule has 9 nitrogen and oxygen atoms in total. The van der Waals surface area contributed by atoms with E-state index < -0.39 is 11.2 Å². The third-order valence-corrected chi connectivity index (χ3v) is 6.56. The second-order valence-electron chi connectivity index (χ2n) is 9.17. The van der Waals surface area contributed by atoms with Gasteiger partial charge in [0.05, 0.1) is 24.8 Å². The van der Waals surface area contributed by atoms with E-state index in [1.165, 1.54) is 0 Å². The molecule has 0 radical (unpaired) electrons. The van der Waals surface area contributed by atoms with Crippen LogP contribution in [0.4, 0.5) is 5.69 Å². The predicted octanol–water partition coefficient (Wildman–Crippen LogP) is 0.657. The Morgan fingerprint density at radius 3 is 2.53 bits per heavy atom. The highest BCUT2D eigenvalue weighted by Gasteiger charge is 2.43. The summed E-state index contributed by atoms with van der Waals surface area (Å²) in [6.07, 6.45) is 1.76. The van der Waals surface area contributed by atoms with E-state index >= 15 is 0 Å². The van der Waals surface area contributed by atoms with Crippen LogP contribution in [0.3, 0.4) is 0 Å². The van der Waals surface area contributed by atoms with Gasteiger partial charge in [0.1, 0.15) is 5.52 Å². The van der Waals surface area contributed by atoms with Gasteiger partial charge in [0.15, 0.2) is 5.75 Å². The van der Waals surface area contributed by atoms with Crippen molar-refractivity contribution in [1.82, 2.24) is 9.24 Å². The summed E-state index contributed by atoms with van der Waals surface area (Å²) in [5, 5.41) is 0.385. The summed E-state index contributed by atoms with van der Waals surface area (Å²) in [6, 6.07) is 3.57. The highest BCUT2D eigenvalue weighted by molar-refractivity contribution is 5.91. The number of ether oxygens (including phenoxy) is 2. The number of hydrogen-bond acceptors (Lipinski definition) is 7. The van der Waals surface area contributed by atoms with Crippen LogP contribution in [0.1, 0.15) is 32.7 Å². The van der Waals surface area contributed by atoms with Crippen molar-refractivity contribution in [2.45, 2.75) is 38.8 Å². The van der Waals surface area contributed by atoms with Gasteiger partial charge in [-0.05, 0) is 30.4 Å². The zero-order valence-corrected chi connectivity index (χ0v) is 18.1. The Labute approximate surface area is 175 Å². The smallest absolute Gasteiger partial charge is 0.350 e. The van der Waals surface area contributed by atoms with Gasteiger partial charge in [0.25, 0.3) is 5.56 Å². The first-order chi connectivity index (χ1) is 14.2. The maximum absolute atomic E-state index is 12.8. The van der Waals surface area contributed by atoms with E-state index in [0.717, 1.165) is 31.6 Å². The number of fused-ring (bicyclic) bond motifs is 1. The van der Waals surface area contributed by atoms with Crippen LogP contribution in [-0.4, -0.2) is 49.2 Å². The minimum atomic E-state index is -0.515. The zero-order valence-electron chi connectivity index (χ0n) is 18.1. The van der Waals surface area contributed by atoms with Crippen LogP contribution in [0.25, 0.3) is 10.9 Å². The topological polar surface area (TPSA) is 118 Å². The van der Waals surface area contributed by atoms with E-state index in [2.05, 4.69) is 18.7 Å². The van der Waals surface area contributed by atoms with Crippen molar-refractivity contribution >= 4 is 16.6 Å². The third-order valence-electron chi connectivity index (χ3n) is 6.56. The molecule has 0 spiro atoms. The van der Waals surface area contributed by atoms with Crippen LogP contribution in [0, 0.1) is 11.3 Å². The lowest BCUT2D eigenvalue weighted by Gasteiger charge is -2.29. The zero-order chi connectivity index (χ0) is 21.8. The summed E-state index contributed by atoms with van der Waals surface area (Å²) in [5.74, 6) is 6.53. The number of nitrogens with zero attached hydrogens (tertiary/aromatic N) is 3. The highest BCUT2D eigenvalue weighted by atomic mass is 16.5. The summed E-state index contributed by atoms with van der Waals surface area (Å²) in [7, 11) is 3.23. The SMILES string of the molecule is COCC(N)C1CN(c2ccc3c(=O)n(N)c(=O)n(C4CC4)c3c2OC)CC1(C)C. The molecule has 2 aliphatic rings. The van der Waals surface area contributed by atoms with Gasteiger partial charge in [-0.15, -0.1) is 0 Å². The number of rotatable bonds is 6. The molecule has 0 bridgehead atoms. The standard InChI is InChI=1S/C21H31N5O4/c1-21(2)11-24(9-14(21)15(22)10-29-3)16-8-7-13-17(18(16)30-4)25(12-5-6-12)20(28)26(23)19(13)27/h7-8,12,14-15H,5-6,9-11,22-23H2,1-4H3. The molecule has 30 heavy (non-hydrogen) atoms. The van der Waals surface area contributed by atoms with Gasteiger partial charge >= 0.3 is 5.69 Å². The molecule has 2 aromatic rings. The molecule has 1 saturated carbocycles. The maximum Gasteiger partial charge on any atom is 0.350 e. The molecule has 1 aliphatic heterocycles. The van der Waals surface area contributed by atoms with Gasteiger partial charge in [-0.1, -0.05) is 13.8 Å². The van der Waals surface area contributed by atoms with Gasteiger partial charge in [-0.2, -0.15) is 4.68 Å². The summed E-state index contributed by atoms with van der Waals surface area (Å²) in [5.41, 5.74) is 6.73. The molecule has 2 unspecified atom stereocenters. The Morgan fingerprint density at radius 2 is 1.93 bits per heavy atom. The van der Waals surface area contributed by atoms with Crippen molar-refractivity contribution in [3.63, 3.8) is 0 Å². The minimum absolute atomic E-state index is 0.0330. The molecule has 0 amide bonds. The first-order valence-corrected chi connectivity index (χ1v) is 10.3. The second kappa shape index (κ2) is 7.31. The number of anilines is 1. The van der Waals surface area contributed by atoms with E-state index in [-0.39, 0.29) is 23.4 Å². The average Bonchev–Trinajstić information content (AvgIpc) is 3.48. The summed E-state index contributed by atoms with van der Waals surface area (Å²) in [4.78, 5) is 27.7. The molecular weight excluding hydrogens is 386 g/mol. The number of benzene rings is 1. The average molecular weight is 418 g/mol. The molecule has 4 N–H and O–H groups in total. The number of methoxy groups -OCH3 is 2. The molecule has 9 heteroatoms. The van der Waals surface area contributed by atoms with Crippen molar-refractivity contribution in [3.8, 4) is 5.75 Å². The van der Waals surface area contributed by atoms with Crippen LogP contribution in [0.2, 0.25) is 0 Å². The van der Waals surface area contributed by atoms with Crippen molar-refractivity contribution in [3.05, 3.63) is 33.0 Å². The summed E-state index contributed by atoms with van der Waals surface area (Å²) < 4.78 is 13.4. The van der Waals surface area contributed by atoms with Gasteiger partial charge in [-0.3, -0.25) is 9.36 Å². The Balaban J connectivity index is 1.87. The van der Waals surface area contributed by atoms with Crippen molar-refractivity contribution in [2.75, 3.05) is 44.7 Å². The first kappa shape index (κ1) is 20.7. The van der Waals surface area contributed by atoms with Crippen LogP contribution in [0.5, 0.6) is 5.75 Å². The Kier molecular flexibility index (Phi) is 5.06. The fraction of sp³-hybridized carbons (Fsp3) is 0.619. The van der Waals surface area contributed by atoms with Gasteiger partial charge < -0.3 is 25.9 Å². The lowest BCUT2D eigenvalue weighted by molar-refractivity contribution is 0.130. The molecule has 1 saturated heterocycles. The number of nitrogens with two attached hydrogens (primary N) is 2. The first-order valence-electron chi connectivity index (χ1n) is 10.3. The van der Waals surface area contributed by atoms with E-state index in [1.807, 2.05) is 6.07 Å². The van der Waals surface area contributed by atoms with Crippen LogP contribution >= 0.6 is 0 Å². The van der Waals surface area contributed by atoms with Gasteiger partial charge in [-0.25, -0.2) is 4.79 Å². The Morgan fingerprint density at radius 1 is 1.23 bits per heavy atom. The number of nitrogen functional groups attached to an aromatic ring is 1. The minimum Gasteiger partial charge on any atom is -0.492 e. The normalized spacial score (nSPS) is 21.9. The Bertz CT molecular complexity index is 1090. The molecule has 2 fully saturated rings. The van der Waals surface area contributed by atoms with E-state index in [0.29, 0.717) is 27.9 Å². The number of hydrogen-bond donors (Lipinski definition) is 2. The fourth-order valence-electron chi connectivity index (χ4n) is 4.89. The maximum atomic E-state index is 12.8. The van der Waals surface area contributed by atoms with E-state index in [9.17, 15) is 9.59 Å². The quantitative estimate of drug-likeness (QED) is 0.663. The van der Waals surface area contributed by atoms with E-state index in [1.54, 1.807) is 24.9 Å².